The quantitative estimate of drug-likeness (QED) is 0.698. The molecule has 1 unspecified atom stereocenters. The predicted octanol–water partition coefficient (Wildman–Crippen LogP) is -0.180. The molecule has 3 N–H and O–H groups in total. The number of amides is 2. The van der Waals surface area contributed by atoms with Gasteiger partial charge in [-0.15, -0.1) is 0 Å². The Balaban J connectivity index is 2.86. The van der Waals surface area contributed by atoms with Gasteiger partial charge in [-0.05, 0) is 5.92 Å². The van der Waals surface area contributed by atoms with Crippen molar-refractivity contribution in [2.45, 2.75) is 32.7 Å². The van der Waals surface area contributed by atoms with E-state index < -0.39 is 23.8 Å². The van der Waals surface area contributed by atoms with Crippen LogP contribution in [0, 0.1) is 11.8 Å². The summed E-state index contributed by atoms with van der Waals surface area (Å²) in [6.45, 7) is 3.77. The maximum Gasteiger partial charge on any atom is 0.326 e. The number of likely N-dealkylation sites (tertiary alicyclic amines) is 1. The molecule has 0 spiro atoms. The SMILES string of the molecule is CC[C@H](C)[C@@H](C(=O)O)N1CC(C(N)=O)CC1=O. The molecule has 0 radical (unpaired) electrons. The van der Waals surface area contributed by atoms with Gasteiger partial charge in [0, 0.05) is 13.0 Å². The minimum Gasteiger partial charge on any atom is -0.480 e. The van der Waals surface area contributed by atoms with E-state index in [-0.39, 0.29) is 24.8 Å². The van der Waals surface area contributed by atoms with Crippen molar-refractivity contribution in [2.75, 3.05) is 6.54 Å². The van der Waals surface area contributed by atoms with E-state index in [9.17, 15) is 14.4 Å². The van der Waals surface area contributed by atoms with Gasteiger partial charge in [0.25, 0.3) is 0 Å². The molecule has 17 heavy (non-hydrogen) atoms. The molecule has 1 aliphatic rings. The number of primary amides is 1. The Labute approximate surface area is 99.8 Å². The van der Waals surface area contributed by atoms with E-state index in [4.69, 9.17) is 10.8 Å². The van der Waals surface area contributed by atoms with Crippen LogP contribution in [0.3, 0.4) is 0 Å². The molecular formula is C11H18N2O4. The van der Waals surface area contributed by atoms with Crippen LogP contribution in [0.1, 0.15) is 26.7 Å². The summed E-state index contributed by atoms with van der Waals surface area (Å²) < 4.78 is 0. The number of aliphatic carboxylic acids is 1. The number of carboxylic acid groups (broad SMARTS) is 1. The highest BCUT2D eigenvalue weighted by Gasteiger charge is 2.41. The molecule has 1 fully saturated rings. The van der Waals surface area contributed by atoms with Gasteiger partial charge in [0.05, 0.1) is 5.92 Å². The van der Waals surface area contributed by atoms with E-state index in [0.29, 0.717) is 6.42 Å². The monoisotopic (exact) mass is 242 g/mol. The standard InChI is InChI=1S/C11H18N2O4/c1-3-6(2)9(11(16)17)13-5-7(10(12)15)4-8(13)14/h6-7,9H,3-5H2,1-2H3,(H2,12,15)(H,16,17)/t6-,7?,9-/m0/s1. The summed E-state index contributed by atoms with van der Waals surface area (Å²) in [6, 6.07) is -0.864. The summed E-state index contributed by atoms with van der Waals surface area (Å²) in [5, 5.41) is 9.17. The molecule has 0 bridgehead atoms. The van der Waals surface area contributed by atoms with Crippen molar-refractivity contribution in [1.82, 2.24) is 4.90 Å². The lowest BCUT2D eigenvalue weighted by Gasteiger charge is -2.28. The maximum absolute atomic E-state index is 11.7. The largest absolute Gasteiger partial charge is 0.480 e. The summed E-state index contributed by atoms with van der Waals surface area (Å²) in [5.74, 6) is -2.59. The van der Waals surface area contributed by atoms with Gasteiger partial charge in [0.2, 0.25) is 11.8 Å². The lowest BCUT2D eigenvalue weighted by Crippen LogP contribution is -2.46. The van der Waals surface area contributed by atoms with Gasteiger partial charge >= 0.3 is 5.97 Å². The first-order valence-corrected chi connectivity index (χ1v) is 5.70. The van der Waals surface area contributed by atoms with E-state index >= 15 is 0 Å². The van der Waals surface area contributed by atoms with Crippen molar-refractivity contribution in [1.29, 1.82) is 0 Å². The number of carboxylic acids is 1. The van der Waals surface area contributed by atoms with Gasteiger partial charge in [-0.1, -0.05) is 20.3 Å². The molecule has 6 nitrogen and oxygen atoms in total. The van der Waals surface area contributed by atoms with Crippen molar-refractivity contribution in [3.05, 3.63) is 0 Å². The third-order valence-electron chi connectivity index (χ3n) is 3.33. The zero-order chi connectivity index (χ0) is 13.2. The number of carbonyl (C=O) groups is 3. The molecule has 0 aliphatic carbocycles. The van der Waals surface area contributed by atoms with Gasteiger partial charge in [0.15, 0.2) is 0 Å². The third-order valence-corrected chi connectivity index (χ3v) is 3.33. The maximum atomic E-state index is 11.7. The molecule has 1 rings (SSSR count). The number of carbonyl (C=O) groups excluding carboxylic acids is 2. The molecule has 0 aromatic heterocycles. The molecule has 1 heterocycles. The van der Waals surface area contributed by atoms with Crippen molar-refractivity contribution in [3.63, 3.8) is 0 Å². The zero-order valence-corrected chi connectivity index (χ0v) is 10.0. The fraction of sp³-hybridized carbons (Fsp3) is 0.727. The highest BCUT2D eigenvalue weighted by molar-refractivity contribution is 5.91. The van der Waals surface area contributed by atoms with Crippen LogP contribution in [0.25, 0.3) is 0 Å². The van der Waals surface area contributed by atoms with Crippen molar-refractivity contribution in [2.24, 2.45) is 17.6 Å². The molecule has 0 saturated carbocycles. The smallest absolute Gasteiger partial charge is 0.326 e. The minimum atomic E-state index is -1.03. The number of nitrogens with two attached hydrogens (primary N) is 1. The zero-order valence-electron chi connectivity index (χ0n) is 10.0. The molecule has 96 valence electrons. The van der Waals surface area contributed by atoms with E-state index in [2.05, 4.69) is 0 Å². The number of hydrogen-bond acceptors (Lipinski definition) is 3. The Morgan fingerprint density at radius 1 is 1.59 bits per heavy atom. The molecule has 3 atom stereocenters. The highest BCUT2D eigenvalue weighted by Crippen LogP contribution is 2.24. The Morgan fingerprint density at radius 2 is 2.18 bits per heavy atom. The van der Waals surface area contributed by atoms with Gasteiger partial charge in [-0.3, -0.25) is 9.59 Å². The molecule has 0 aromatic rings. The Bertz CT molecular complexity index is 342. The first kappa shape index (κ1) is 13.5. The van der Waals surface area contributed by atoms with Gasteiger partial charge in [-0.25, -0.2) is 4.79 Å². The van der Waals surface area contributed by atoms with Gasteiger partial charge in [-0.2, -0.15) is 0 Å². The van der Waals surface area contributed by atoms with Crippen LogP contribution in [0.2, 0.25) is 0 Å². The van der Waals surface area contributed by atoms with Crippen LogP contribution in [0.5, 0.6) is 0 Å². The molecule has 0 aromatic carbocycles. The number of nitrogens with zero attached hydrogens (tertiary/aromatic N) is 1. The van der Waals surface area contributed by atoms with Crippen LogP contribution in [-0.2, 0) is 14.4 Å². The Kier molecular flexibility index (Phi) is 4.09. The summed E-state index contributed by atoms with van der Waals surface area (Å²) in [7, 11) is 0. The fourth-order valence-corrected chi connectivity index (χ4v) is 2.10. The molecule has 1 aliphatic heterocycles. The third kappa shape index (κ3) is 2.75. The lowest BCUT2D eigenvalue weighted by molar-refractivity contribution is -0.150. The van der Waals surface area contributed by atoms with E-state index in [1.807, 2.05) is 6.92 Å². The predicted molar refractivity (Wildman–Crippen MR) is 59.9 cm³/mol. The van der Waals surface area contributed by atoms with Crippen molar-refractivity contribution < 1.29 is 19.5 Å². The summed E-state index contributed by atoms with van der Waals surface area (Å²) in [5.41, 5.74) is 5.14. The highest BCUT2D eigenvalue weighted by atomic mass is 16.4. The first-order valence-electron chi connectivity index (χ1n) is 5.70. The average molecular weight is 242 g/mol. The summed E-state index contributed by atoms with van der Waals surface area (Å²) in [6.07, 6.45) is 0.678. The van der Waals surface area contributed by atoms with Gasteiger partial charge < -0.3 is 15.7 Å². The second-order valence-corrected chi connectivity index (χ2v) is 4.52. The van der Waals surface area contributed by atoms with E-state index in [1.54, 1.807) is 6.92 Å². The van der Waals surface area contributed by atoms with Crippen molar-refractivity contribution in [3.8, 4) is 0 Å². The summed E-state index contributed by atoms with van der Waals surface area (Å²) >= 11 is 0. The molecular weight excluding hydrogens is 224 g/mol. The van der Waals surface area contributed by atoms with E-state index in [1.165, 1.54) is 4.90 Å². The second kappa shape index (κ2) is 5.16. The van der Waals surface area contributed by atoms with Crippen LogP contribution in [-0.4, -0.2) is 40.4 Å². The number of hydrogen-bond donors (Lipinski definition) is 2. The number of rotatable bonds is 5. The fourth-order valence-electron chi connectivity index (χ4n) is 2.10. The minimum absolute atomic E-state index is 0.0234. The molecule has 1 saturated heterocycles. The van der Waals surface area contributed by atoms with Crippen molar-refractivity contribution >= 4 is 17.8 Å². The van der Waals surface area contributed by atoms with Crippen LogP contribution < -0.4 is 5.73 Å². The molecule has 6 heteroatoms. The van der Waals surface area contributed by atoms with Crippen LogP contribution in [0.4, 0.5) is 0 Å². The normalized spacial score (nSPS) is 23.5. The lowest BCUT2D eigenvalue weighted by atomic mass is 9.98. The Hall–Kier alpha value is -1.59. The van der Waals surface area contributed by atoms with Crippen LogP contribution in [0.15, 0.2) is 0 Å². The topological polar surface area (TPSA) is 101 Å². The molecule has 2 amide bonds. The average Bonchev–Trinajstić information content (AvgIpc) is 2.60. The Morgan fingerprint density at radius 3 is 2.53 bits per heavy atom. The second-order valence-electron chi connectivity index (χ2n) is 4.52. The van der Waals surface area contributed by atoms with Crippen LogP contribution >= 0.6 is 0 Å². The first-order chi connectivity index (χ1) is 7.88. The van der Waals surface area contributed by atoms with E-state index in [0.717, 1.165) is 0 Å². The summed E-state index contributed by atoms with van der Waals surface area (Å²) in [4.78, 5) is 35.2. The van der Waals surface area contributed by atoms with Gasteiger partial charge in [0.1, 0.15) is 6.04 Å².